The fourth-order valence-corrected chi connectivity index (χ4v) is 3.56. The number of non-ortho nitro benzene ring substituents is 1. The number of hydrogen-bond donors (Lipinski definition) is 1. The summed E-state index contributed by atoms with van der Waals surface area (Å²) in [5, 5.41) is 19.0. The van der Waals surface area contributed by atoms with Crippen molar-refractivity contribution in [3.8, 4) is 0 Å². The Balaban J connectivity index is 1.55. The van der Waals surface area contributed by atoms with E-state index in [0.29, 0.717) is 12.4 Å². The average Bonchev–Trinajstić information content (AvgIpc) is 3.36. The van der Waals surface area contributed by atoms with Gasteiger partial charge in [0.05, 0.1) is 11.0 Å². The standard InChI is InChI=1S/C18H18N6O5/c25-17(14-7-9-22(20-14)11-16-19-18(26)29-21-16)23-8-2-1-6-15(23)12-4-3-5-13(10-12)24(27)28/h3-5,7,9-10,15H,1-2,6,8,11H2,(H,19,21,26). The zero-order valence-electron chi connectivity index (χ0n) is 15.4. The van der Waals surface area contributed by atoms with Gasteiger partial charge in [-0.25, -0.2) is 4.79 Å². The number of nitrogens with one attached hydrogen (secondary N) is 1. The van der Waals surface area contributed by atoms with Crippen LogP contribution in [0.1, 0.15) is 47.2 Å². The van der Waals surface area contributed by atoms with Crippen LogP contribution in [0.25, 0.3) is 0 Å². The highest BCUT2D eigenvalue weighted by Crippen LogP contribution is 2.33. The smallest absolute Gasteiger partial charge is 0.330 e. The zero-order valence-corrected chi connectivity index (χ0v) is 15.4. The van der Waals surface area contributed by atoms with Gasteiger partial charge in [0, 0.05) is 24.9 Å². The van der Waals surface area contributed by atoms with Crippen LogP contribution in [-0.4, -0.2) is 42.2 Å². The van der Waals surface area contributed by atoms with Crippen molar-refractivity contribution in [1.29, 1.82) is 0 Å². The van der Waals surface area contributed by atoms with Crippen LogP contribution in [0.4, 0.5) is 5.69 Å². The number of carbonyl (C=O) groups excluding carboxylic acids is 1. The van der Waals surface area contributed by atoms with Gasteiger partial charge in [0.2, 0.25) is 0 Å². The molecule has 29 heavy (non-hydrogen) atoms. The second kappa shape index (κ2) is 7.70. The molecule has 1 aliphatic rings. The van der Waals surface area contributed by atoms with E-state index in [1.54, 1.807) is 23.2 Å². The lowest BCUT2D eigenvalue weighted by Crippen LogP contribution is -2.38. The first-order valence-corrected chi connectivity index (χ1v) is 9.15. The molecule has 11 nitrogen and oxygen atoms in total. The van der Waals surface area contributed by atoms with Gasteiger partial charge < -0.3 is 4.90 Å². The van der Waals surface area contributed by atoms with Crippen LogP contribution in [0.15, 0.2) is 45.8 Å². The molecule has 3 aromatic rings. The van der Waals surface area contributed by atoms with E-state index >= 15 is 0 Å². The second-order valence-electron chi connectivity index (χ2n) is 6.80. The first kappa shape index (κ1) is 18.6. The van der Waals surface area contributed by atoms with E-state index in [9.17, 15) is 19.7 Å². The van der Waals surface area contributed by atoms with E-state index in [0.717, 1.165) is 24.8 Å². The molecule has 2 aromatic heterocycles. The Kier molecular flexibility index (Phi) is 4.94. The van der Waals surface area contributed by atoms with Gasteiger partial charge in [0.25, 0.3) is 11.6 Å². The number of carbonyl (C=O) groups is 1. The highest BCUT2D eigenvalue weighted by Gasteiger charge is 2.30. The number of H-pyrrole nitrogens is 1. The van der Waals surface area contributed by atoms with Crippen LogP contribution in [0.3, 0.4) is 0 Å². The third-order valence-corrected chi connectivity index (χ3v) is 4.89. The molecule has 1 amide bonds. The summed E-state index contributed by atoms with van der Waals surface area (Å²) in [5.74, 6) is -0.602. The Morgan fingerprint density at radius 3 is 2.97 bits per heavy atom. The van der Waals surface area contributed by atoms with Crippen molar-refractivity contribution in [2.75, 3.05) is 6.54 Å². The number of likely N-dealkylation sites (tertiary alicyclic amines) is 1. The molecule has 1 aromatic carbocycles. The van der Waals surface area contributed by atoms with Gasteiger partial charge in [-0.2, -0.15) is 5.10 Å². The zero-order chi connectivity index (χ0) is 20.4. The van der Waals surface area contributed by atoms with E-state index in [1.807, 2.05) is 6.07 Å². The second-order valence-corrected chi connectivity index (χ2v) is 6.80. The minimum absolute atomic E-state index is 0.00588. The van der Waals surface area contributed by atoms with Crippen LogP contribution >= 0.6 is 0 Å². The maximum atomic E-state index is 13.1. The summed E-state index contributed by atoms with van der Waals surface area (Å²) in [4.78, 5) is 38.9. The largest absolute Gasteiger partial charge is 0.438 e. The van der Waals surface area contributed by atoms with Crippen molar-refractivity contribution in [3.63, 3.8) is 0 Å². The molecule has 0 bridgehead atoms. The number of nitro groups is 1. The van der Waals surface area contributed by atoms with Gasteiger partial charge in [0.15, 0.2) is 5.82 Å². The van der Waals surface area contributed by atoms with Gasteiger partial charge in [-0.15, -0.1) is 0 Å². The predicted octanol–water partition coefficient (Wildman–Crippen LogP) is 1.88. The number of amides is 1. The minimum atomic E-state index is -0.656. The molecule has 1 atom stereocenters. The lowest BCUT2D eigenvalue weighted by atomic mass is 9.94. The first-order chi connectivity index (χ1) is 14.0. The van der Waals surface area contributed by atoms with Crippen LogP contribution in [-0.2, 0) is 6.54 Å². The molecule has 1 unspecified atom stereocenters. The number of rotatable bonds is 5. The van der Waals surface area contributed by atoms with E-state index in [4.69, 9.17) is 0 Å². The van der Waals surface area contributed by atoms with Gasteiger partial charge in [-0.1, -0.05) is 17.3 Å². The van der Waals surface area contributed by atoms with Crippen molar-refractivity contribution < 1.29 is 14.2 Å². The lowest BCUT2D eigenvalue weighted by molar-refractivity contribution is -0.385. The van der Waals surface area contributed by atoms with Crippen molar-refractivity contribution in [2.45, 2.75) is 31.8 Å². The number of piperidine rings is 1. The fraction of sp³-hybridized carbons (Fsp3) is 0.333. The third kappa shape index (κ3) is 3.93. The maximum absolute atomic E-state index is 13.1. The van der Waals surface area contributed by atoms with Crippen molar-refractivity contribution in [1.82, 2.24) is 24.8 Å². The van der Waals surface area contributed by atoms with Gasteiger partial charge >= 0.3 is 5.76 Å². The van der Waals surface area contributed by atoms with Crippen molar-refractivity contribution in [2.24, 2.45) is 0 Å². The third-order valence-electron chi connectivity index (χ3n) is 4.89. The first-order valence-electron chi connectivity index (χ1n) is 9.15. The summed E-state index contributed by atoms with van der Waals surface area (Å²) >= 11 is 0. The van der Waals surface area contributed by atoms with Crippen LogP contribution in [0.5, 0.6) is 0 Å². The number of nitro benzene ring substituents is 1. The highest BCUT2D eigenvalue weighted by atomic mass is 16.6. The fourth-order valence-electron chi connectivity index (χ4n) is 3.56. The summed E-state index contributed by atoms with van der Waals surface area (Å²) in [7, 11) is 0. The number of benzene rings is 1. The summed E-state index contributed by atoms with van der Waals surface area (Å²) in [6.45, 7) is 0.711. The molecule has 150 valence electrons. The van der Waals surface area contributed by atoms with Crippen LogP contribution in [0, 0.1) is 10.1 Å². The van der Waals surface area contributed by atoms with Crippen molar-refractivity contribution >= 4 is 11.6 Å². The Morgan fingerprint density at radius 1 is 1.34 bits per heavy atom. The summed E-state index contributed by atoms with van der Waals surface area (Å²) < 4.78 is 5.93. The molecule has 0 spiro atoms. The Bertz CT molecular complexity index is 1100. The quantitative estimate of drug-likeness (QED) is 0.511. The van der Waals surface area contributed by atoms with E-state index in [-0.39, 0.29) is 29.9 Å². The molecule has 0 saturated carbocycles. The summed E-state index contributed by atoms with van der Waals surface area (Å²) in [6, 6.07) is 7.76. The Morgan fingerprint density at radius 2 is 2.21 bits per heavy atom. The van der Waals surface area contributed by atoms with E-state index < -0.39 is 10.7 Å². The van der Waals surface area contributed by atoms with Crippen LogP contribution in [0.2, 0.25) is 0 Å². The van der Waals surface area contributed by atoms with Gasteiger partial charge in [0.1, 0.15) is 12.2 Å². The molecule has 3 heterocycles. The average molecular weight is 398 g/mol. The molecule has 1 fully saturated rings. The summed E-state index contributed by atoms with van der Waals surface area (Å²) in [6.07, 6.45) is 4.14. The highest BCUT2D eigenvalue weighted by molar-refractivity contribution is 5.92. The topological polar surface area (TPSA) is 140 Å². The predicted molar refractivity (Wildman–Crippen MR) is 99.2 cm³/mol. The molecule has 1 aliphatic heterocycles. The Hall–Kier alpha value is -3.76. The van der Waals surface area contributed by atoms with Crippen LogP contribution < -0.4 is 5.76 Å². The van der Waals surface area contributed by atoms with E-state index in [2.05, 4.69) is 19.8 Å². The Labute approximate surface area is 164 Å². The number of aromatic amines is 1. The number of hydrogen-bond acceptors (Lipinski definition) is 7. The monoisotopic (exact) mass is 398 g/mol. The summed E-state index contributed by atoms with van der Waals surface area (Å²) in [5.41, 5.74) is 1.01. The maximum Gasteiger partial charge on any atom is 0.438 e. The normalized spacial score (nSPS) is 16.7. The van der Waals surface area contributed by atoms with Gasteiger partial charge in [-0.05, 0) is 30.9 Å². The van der Waals surface area contributed by atoms with E-state index in [1.165, 1.54) is 16.8 Å². The number of aromatic nitrogens is 4. The van der Waals surface area contributed by atoms with Gasteiger partial charge in [-0.3, -0.25) is 29.1 Å². The molecule has 4 rings (SSSR count). The van der Waals surface area contributed by atoms with Crippen molar-refractivity contribution in [3.05, 3.63) is 74.3 Å². The number of nitrogens with zero attached hydrogens (tertiary/aromatic N) is 5. The SMILES string of the molecule is O=C(c1ccn(Cc2noc(=O)[nH]2)n1)N1CCCCC1c1cccc([N+](=O)[O-])c1. The molecular formula is C18H18N6O5. The molecule has 0 radical (unpaired) electrons. The minimum Gasteiger partial charge on any atom is -0.330 e. The lowest BCUT2D eigenvalue weighted by Gasteiger charge is -2.35. The molecule has 0 aliphatic carbocycles. The molecule has 11 heteroatoms. The molecular weight excluding hydrogens is 380 g/mol. The molecule has 1 N–H and O–H groups in total. The molecule has 1 saturated heterocycles.